The molecule has 2 aromatic carbocycles. The van der Waals surface area contributed by atoms with Gasteiger partial charge in [0.25, 0.3) is 5.79 Å². The Labute approximate surface area is 144 Å². The van der Waals surface area contributed by atoms with Crippen LogP contribution in [0.25, 0.3) is 0 Å². The Morgan fingerprint density at radius 1 is 1.29 bits per heavy atom. The van der Waals surface area contributed by atoms with E-state index in [0.29, 0.717) is 21.8 Å². The summed E-state index contributed by atoms with van der Waals surface area (Å²) >= 11 is 5.97. The number of cyclic esters (lactones) is 1. The molecule has 0 aromatic heterocycles. The van der Waals surface area contributed by atoms with Gasteiger partial charge in [0, 0.05) is 10.6 Å². The van der Waals surface area contributed by atoms with E-state index in [2.05, 4.69) is 5.32 Å². The number of carbonyl (C=O) groups is 1. The predicted molar refractivity (Wildman–Crippen MR) is 89.7 cm³/mol. The molecular formula is C18H15ClN2O3. The van der Waals surface area contributed by atoms with Gasteiger partial charge in [0.05, 0.1) is 30.3 Å². The van der Waals surface area contributed by atoms with Crippen LogP contribution in [0, 0.1) is 18.3 Å². The number of benzene rings is 2. The van der Waals surface area contributed by atoms with E-state index in [-0.39, 0.29) is 13.0 Å². The van der Waals surface area contributed by atoms with Gasteiger partial charge < -0.3 is 9.47 Å². The fraction of sp³-hybridized carbons (Fsp3) is 0.222. The minimum Gasteiger partial charge on any atom is -0.408 e. The summed E-state index contributed by atoms with van der Waals surface area (Å²) < 4.78 is 11.5. The van der Waals surface area contributed by atoms with E-state index in [9.17, 15) is 4.79 Å². The molecule has 1 amide bonds. The Hall–Kier alpha value is -2.55. The second-order valence-electron chi connectivity index (χ2n) is 5.44. The second kappa shape index (κ2) is 6.52. The van der Waals surface area contributed by atoms with Crippen LogP contribution in [-0.4, -0.2) is 12.7 Å². The summed E-state index contributed by atoms with van der Waals surface area (Å²) in [7, 11) is 0. The summed E-state index contributed by atoms with van der Waals surface area (Å²) in [5.41, 5.74) is 2.92. The zero-order valence-electron chi connectivity index (χ0n) is 13.0. The third-order valence-corrected chi connectivity index (χ3v) is 4.00. The van der Waals surface area contributed by atoms with E-state index in [4.69, 9.17) is 26.3 Å². The second-order valence-corrected chi connectivity index (χ2v) is 5.88. The highest BCUT2D eigenvalue weighted by Crippen LogP contribution is 2.43. The summed E-state index contributed by atoms with van der Waals surface area (Å²) in [6, 6.07) is 14.5. The molecule has 6 heteroatoms. The lowest BCUT2D eigenvalue weighted by atomic mass is 9.93. The first kappa shape index (κ1) is 16.3. The van der Waals surface area contributed by atoms with Crippen LogP contribution in [0.4, 0.5) is 10.5 Å². The predicted octanol–water partition coefficient (Wildman–Crippen LogP) is 4.34. The normalized spacial score (nSPS) is 19.0. The molecule has 0 spiro atoms. The molecular weight excluding hydrogens is 328 g/mol. The van der Waals surface area contributed by atoms with Gasteiger partial charge in [0.15, 0.2) is 0 Å². The lowest BCUT2D eigenvalue weighted by Crippen LogP contribution is -2.43. The van der Waals surface area contributed by atoms with E-state index in [1.54, 1.807) is 24.3 Å². The lowest BCUT2D eigenvalue weighted by Gasteiger charge is -2.38. The van der Waals surface area contributed by atoms with E-state index >= 15 is 0 Å². The number of hydrogen-bond donors (Lipinski definition) is 1. The highest BCUT2D eigenvalue weighted by molar-refractivity contribution is 6.30. The average Bonchev–Trinajstić information content (AvgIpc) is 2.56. The van der Waals surface area contributed by atoms with Crippen LogP contribution in [0.5, 0.6) is 0 Å². The Morgan fingerprint density at radius 2 is 2.04 bits per heavy atom. The van der Waals surface area contributed by atoms with Crippen molar-refractivity contribution in [3.8, 4) is 6.07 Å². The van der Waals surface area contributed by atoms with Crippen LogP contribution in [-0.2, 0) is 15.3 Å². The first-order valence-corrected chi connectivity index (χ1v) is 7.81. The van der Waals surface area contributed by atoms with Crippen molar-refractivity contribution in [3.63, 3.8) is 0 Å². The average molecular weight is 343 g/mol. The van der Waals surface area contributed by atoms with Gasteiger partial charge in [0.2, 0.25) is 0 Å². The number of carbonyl (C=O) groups excluding carboxylic acids is 1. The maximum Gasteiger partial charge on any atom is 0.414 e. The minimum absolute atomic E-state index is 0.125. The number of rotatable bonds is 4. The summed E-state index contributed by atoms with van der Waals surface area (Å²) in [6.45, 7) is 2.07. The van der Waals surface area contributed by atoms with Crippen molar-refractivity contribution in [2.45, 2.75) is 19.1 Å². The van der Waals surface area contributed by atoms with Crippen molar-refractivity contribution >= 4 is 23.4 Å². The van der Waals surface area contributed by atoms with Crippen molar-refractivity contribution in [2.75, 3.05) is 11.9 Å². The summed E-state index contributed by atoms with van der Waals surface area (Å²) in [5, 5.41) is 12.1. The first-order valence-electron chi connectivity index (χ1n) is 7.43. The summed E-state index contributed by atoms with van der Waals surface area (Å²) in [5.74, 6) is -1.41. The molecule has 0 saturated heterocycles. The number of nitrogens with one attached hydrogen (secondary N) is 1. The third kappa shape index (κ3) is 2.94. The zero-order valence-corrected chi connectivity index (χ0v) is 13.8. The molecule has 1 N–H and O–H groups in total. The number of nitrogens with zero attached hydrogens (tertiary/aromatic N) is 1. The van der Waals surface area contributed by atoms with Crippen LogP contribution < -0.4 is 5.32 Å². The van der Waals surface area contributed by atoms with Crippen LogP contribution in [0.15, 0.2) is 42.5 Å². The van der Waals surface area contributed by atoms with Gasteiger partial charge in [-0.15, -0.1) is 0 Å². The van der Waals surface area contributed by atoms with Crippen LogP contribution in [0.3, 0.4) is 0 Å². The number of nitriles is 1. The fourth-order valence-corrected chi connectivity index (χ4v) is 2.80. The van der Waals surface area contributed by atoms with Crippen LogP contribution in [0.1, 0.15) is 23.1 Å². The quantitative estimate of drug-likeness (QED) is 0.839. The molecule has 0 saturated carbocycles. The molecule has 5 nitrogen and oxygen atoms in total. The molecule has 1 unspecified atom stereocenters. The maximum absolute atomic E-state index is 12.1. The molecule has 1 atom stereocenters. The monoisotopic (exact) mass is 342 g/mol. The van der Waals surface area contributed by atoms with E-state index in [1.165, 1.54) is 0 Å². The van der Waals surface area contributed by atoms with Crippen LogP contribution >= 0.6 is 11.6 Å². The molecule has 0 fully saturated rings. The zero-order chi connectivity index (χ0) is 17.2. The molecule has 0 aliphatic carbocycles. The molecule has 0 radical (unpaired) electrons. The Morgan fingerprint density at radius 3 is 2.75 bits per heavy atom. The van der Waals surface area contributed by atoms with E-state index in [1.807, 2.05) is 31.2 Å². The SMILES string of the molecule is Cc1ccc2c(c1)C(OCCC#N)(c1ccc(Cl)cc1)OC(=O)N2. The number of halogens is 1. The Kier molecular flexibility index (Phi) is 4.43. The number of aryl methyl sites for hydroxylation is 1. The van der Waals surface area contributed by atoms with Gasteiger partial charge >= 0.3 is 6.09 Å². The first-order chi connectivity index (χ1) is 11.5. The Bertz CT molecular complexity index is 814. The molecule has 1 heterocycles. The van der Waals surface area contributed by atoms with Crippen molar-refractivity contribution in [3.05, 3.63) is 64.2 Å². The van der Waals surface area contributed by atoms with Gasteiger partial charge in [0.1, 0.15) is 0 Å². The highest BCUT2D eigenvalue weighted by Gasteiger charge is 2.45. The Balaban J connectivity index is 2.18. The molecule has 2 aromatic rings. The smallest absolute Gasteiger partial charge is 0.408 e. The number of ether oxygens (including phenoxy) is 2. The summed E-state index contributed by atoms with van der Waals surface area (Å²) in [4.78, 5) is 12.1. The van der Waals surface area contributed by atoms with Gasteiger partial charge in [-0.25, -0.2) is 4.79 Å². The third-order valence-electron chi connectivity index (χ3n) is 3.75. The van der Waals surface area contributed by atoms with Crippen LogP contribution in [0.2, 0.25) is 5.02 Å². The number of hydrogen-bond acceptors (Lipinski definition) is 4. The molecule has 3 rings (SSSR count). The van der Waals surface area contributed by atoms with Crippen molar-refractivity contribution in [1.82, 2.24) is 0 Å². The van der Waals surface area contributed by atoms with E-state index in [0.717, 1.165) is 5.56 Å². The molecule has 1 aliphatic heterocycles. The fourth-order valence-electron chi connectivity index (χ4n) is 2.68. The molecule has 1 aliphatic rings. The van der Waals surface area contributed by atoms with Crippen molar-refractivity contribution < 1.29 is 14.3 Å². The van der Waals surface area contributed by atoms with Gasteiger partial charge in [-0.2, -0.15) is 5.26 Å². The van der Waals surface area contributed by atoms with Gasteiger partial charge in [-0.05, 0) is 31.2 Å². The lowest BCUT2D eigenvalue weighted by molar-refractivity contribution is -0.179. The molecule has 24 heavy (non-hydrogen) atoms. The van der Waals surface area contributed by atoms with Gasteiger partial charge in [-0.1, -0.05) is 35.4 Å². The maximum atomic E-state index is 12.1. The summed E-state index contributed by atoms with van der Waals surface area (Å²) in [6.07, 6.45) is -0.431. The van der Waals surface area contributed by atoms with Crippen molar-refractivity contribution in [2.24, 2.45) is 0 Å². The minimum atomic E-state index is -1.41. The standard InChI is InChI=1S/C18H15ClN2O3/c1-12-3-8-16-15(11-12)18(23-10-2-9-20,24-17(22)21-16)13-4-6-14(19)7-5-13/h3-8,11H,2,10H2,1H3,(H,21,22). The van der Waals surface area contributed by atoms with Crippen molar-refractivity contribution in [1.29, 1.82) is 5.26 Å². The number of anilines is 1. The molecule has 0 bridgehead atoms. The topological polar surface area (TPSA) is 71.3 Å². The largest absolute Gasteiger partial charge is 0.414 e. The van der Waals surface area contributed by atoms with Gasteiger partial charge in [-0.3, -0.25) is 5.32 Å². The molecule has 122 valence electrons. The highest BCUT2D eigenvalue weighted by atomic mass is 35.5. The number of fused-ring (bicyclic) bond motifs is 1. The number of amides is 1. The van der Waals surface area contributed by atoms with E-state index < -0.39 is 11.9 Å².